The van der Waals surface area contributed by atoms with Crippen LogP contribution in [0.5, 0.6) is 5.75 Å². The molecule has 3 rings (SSSR count). The minimum atomic E-state index is -2.83. The molecule has 0 aliphatic rings. The Hall–Kier alpha value is -2.43. The van der Waals surface area contributed by atoms with Gasteiger partial charge in [-0.2, -0.15) is 8.78 Å². The van der Waals surface area contributed by atoms with Crippen molar-refractivity contribution in [1.29, 1.82) is 0 Å². The lowest BCUT2D eigenvalue weighted by molar-refractivity contribution is -0.0497. The van der Waals surface area contributed by atoms with Gasteiger partial charge in [-0.3, -0.25) is 0 Å². The van der Waals surface area contributed by atoms with Crippen LogP contribution in [0.3, 0.4) is 0 Å². The van der Waals surface area contributed by atoms with E-state index >= 15 is 0 Å². The fraction of sp³-hybridized carbons (Fsp3) is 0.235. The van der Waals surface area contributed by atoms with E-state index in [0.29, 0.717) is 5.52 Å². The molecule has 0 aliphatic heterocycles. The second-order valence-electron chi connectivity index (χ2n) is 5.31. The van der Waals surface area contributed by atoms with Crippen LogP contribution >= 0.6 is 0 Å². The van der Waals surface area contributed by atoms with Crippen molar-refractivity contribution in [3.63, 3.8) is 0 Å². The van der Waals surface area contributed by atoms with Gasteiger partial charge in [0.25, 0.3) is 0 Å². The summed E-state index contributed by atoms with van der Waals surface area (Å²) in [7, 11) is 0. The first kappa shape index (κ1) is 14.5. The van der Waals surface area contributed by atoms with Crippen LogP contribution in [0.25, 0.3) is 11.0 Å². The molecule has 1 atom stereocenters. The second kappa shape index (κ2) is 5.75. The molecule has 3 nitrogen and oxygen atoms in total. The molecule has 0 bridgehead atoms. The second-order valence-corrected chi connectivity index (χ2v) is 5.31. The number of halogens is 2. The minimum absolute atomic E-state index is 0.0902. The van der Waals surface area contributed by atoms with E-state index in [0.717, 1.165) is 16.9 Å². The van der Waals surface area contributed by atoms with Crippen molar-refractivity contribution in [2.75, 3.05) is 0 Å². The summed E-state index contributed by atoms with van der Waals surface area (Å²) in [5.41, 5.74) is 3.77. The Balaban J connectivity index is 1.92. The first-order chi connectivity index (χ1) is 10.5. The number of hydrogen-bond donors (Lipinski definition) is 1. The highest BCUT2D eigenvalue weighted by Gasteiger charge is 2.14. The summed E-state index contributed by atoms with van der Waals surface area (Å²) in [5, 5.41) is 0. The molecule has 114 valence electrons. The van der Waals surface area contributed by atoms with E-state index in [-0.39, 0.29) is 11.7 Å². The average molecular weight is 302 g/mol. The lowest BCUT2D eigenvalue weighted by atomic mass is 9.99. The van der Waals surface area contributed by atoms with Crippen LogP contribution in [0.15, 0.2) is 42.5 Å². The fourth-order valence-corrected chi connectivity index (χ4v) is 2.40. The summed E-state index contributed by atoms with van der Waals surface area (Å²) < 4.78 is 28.9. The number of fused-ring (bicyclic) bond motifs is 1. The Kier molecular flexibility index (Phi) is 3.79. The molecule has 2 aromatic carbocycles. The maximum absolute atomic E-state index is 12.3. The Morgan fingerprint density at radius 2 is 1.82 bits per heavy atom. The SMILES string of the molecule is Cc1ccc(C(C)c2nc3cc(OC(F)F)ccc3[nH]2)cc1. The van der Waals surface area contributed by atoms with Crippen molar-refractivity contribution in [3.8, 4) is 5.75 Å². The summed E-state index contributed by atoms with van der Waals surface area (Å²) in [5.74, 6) is 1.00. The molecule has 0 saturated heterocycles. The van der Waals surface area contributed by atoms with Gasteiger partial charge in [0.15, 0.2) is 0 Å². The number of benzene rings is 2. The van der Waals surface area contributed by atoms with Gasteiger partial charge in [-0.25, -0.2) is 4.98 Å². The van der Waals surface area contributed by atoms with E-state index in [1.165, 1.54) is 17.7 Å². The van der Waals surface area contributed by atoms with Crippen molar-refractivity contribution in [1.82, 2.24) is 9.97 Å². The van der Waals surface area contributed by atoms with Gasteiger partial charge in [-0.1, -0.05) is 36.8 Å². The van der Waals surface area contributed by atoms with Crippen molar-refractivity contribution in [3.05, 3.63) is 59.4 Å². The third-order valence-corrected chi connectivity index (χ3v) is 3.69. The molecular formula is C17H16F2N2O. The lowest BCUT2D eigenvalue weighted by Crippen LogP contribution is -2.01. The molecule has 0 fully saturated rings. The number of H-pyrrole nitrogens is 1. The number of rotatable bonds is 4. The molecule has 1 heterocycles. The smallest absolute Gasteiger partial charge is 0.387 e. The van der Waals surface area contributed by atoms with Crippen LogP contribution in [-0.4, -0.2) is 16.6 Å². The van der Waals surface area contributed by atoms with Crippen molar-refractivity contribution >= 4 is 11.0 Å². The minimum Gasteiger partial charge on any atom is -0.435 e. The van der Waals surface area contributed by atoms with Crippen LogP contribution in [0, 0.1) is 6.92 Å². The van der Waals surface area contributed by atoms with Gasteiger partial charge in [0.2, 0.25) is 0 Å². The van der Waals surface area contributed by atoms with E-state index in [9.17, 15) is 8.78 Å². The lowest BCUT2D eigenvalue weighted by Gasteiger charge is -2.08. The predicted molar refractivity (Wildman–Crippen MR) is 81.4 cm³/mol. The molecule has 0 radical (unpaired) electrons. The Labute approximate surface area is 127 Å². The number of ether oxygens (including phenoxy) is 1. The molecule has 0 spiro atoms. The number of imidazole rings is 1. The zero-order chi connectivity index (χ0) is 15.7. The highest BCUT2D eigenvalue weighted by Crippen LogP contribution is 2.26. The van der Waals surface area contributed by atoms with Crippen LogP contribution in [0.4, 0.5) is 8.78 Å². The molecule has 0 aliphatic carbocycles. The van der Waals surface area contributed by atoms with Gasteiger partial charge >= 0.3 is 6.61 Å². The first-order valence-corrected chi connectivity index (χ1v) is 7.04. The number of hydrogen-bond acceptors (Lipinski definition) is 2. The molecule has 0 amide bonds. The summed E-state index contributed by atoms with van der Waals surface area (Å²) in [4.78, 5) is 7.73. The molecule has 1 N–H and O–H groups in total. The van der Waals surface area contributed by atoms with E-state index in [1.807, 2.05) is 6.92 Å². The predicted octanol–water partition coefficient (Wildman–Crippen LogP) is 4.62. The zero-order valence-electron chi connectivity index (χ0n) is 12.3. The zero-order valence-corrected chi connectivity index (χ0v) is 12.3. The maximum atomic E-state index is 12.3. The molecule has 1 aromatic heterocycles. The summed E-state index contributed by atoms with van der Waals surface area (Å²) in [6.45, 7) is 1.27. The maximum Gasteiger partial charge on any atom is 0.387 e. The monoisotopic (exact) mass is 302 g/mol. The van der Waals surface area contributed by atoms with Crippen molar-refractivity contribution in [2.45, 2.75) is 26.4 Å². The van der Waals surface area contributed by atoms with Crippen molar-refractivity contribution < 1.29 is 13.5 Å². The fourth-order valence-electron chi connectivity index (χ4n) is 2.40. The van der Waals surface area contributed by atoms with Crippen LogP contribution in [-0.2, 0) is 0 Å². The quantitative estimate of drug-likeness (QED) is 0.763. The Morgan fingerprint density at radius 3 is 2.50 bits per heavy atom. The van der Waals surface area contributed by atoms with Gasteiger partial charge in [-0.05, 0) is 24.6 Å². The van der Waals surface area contributed by atoms with Gasteiger partial charge < -0.3 is 9.72 Å². The first-order valence-electron chi connectivity index (χ1n) is 7.04. The summed E-state index contributed by atoms with van der Waals surface area (Å²) in [6.07, 6.45) is 0. The molecule has 0 saturated carbocycles. The van der Waals surface area contributed by atoms with Gasteiger partial charge in [-0.15, -0.1) is 0 Å². The largest absolute Gasteiger partial charge is 0.435 e. The van der Waals surface area contributed by atoms with Gasteiger partial charge in [0.1, 0.15) is 11.6 Å². The highest BCUT2D eigenvalue weighted by atomic mass is 19.3. The van der Waals surface area contributed by atoms with E-state index in [1.54, 1.807) is 6.07 Å². The number of alkyl halides is 2. The normalized spacial score (nSPS) is 12.8. The van der Waals surface area contributed by atoms with Crippen LogP contribution in [0.1, 0.15) is 29.8 Å². The molecular weight excluding hydrogens is 286 g/mol. The van der Waals surface area contributed by atoms with Gasteiger partial charge in [0.05, 0.1) is 11.0 Å². The number of nitrogens with one attached hydrogen (secondary N) is 1. The molecule has 5 heteroatoms. The summed E-state index contributed by atoms with van der Waals surface area (Å²) >= 11 is 0. The van der Waals surface area contributed by atoms with Crippen molar-refractivity contribution in [2.24, 2.45) is 0 Å². The van der Waals surface area contributed by atoms with E-state index in [2.05, 4.69) is 45.9 Å². The molecule has 3 aromatic rings. The number of aryl methyl sites for hydroxylation is 1. The van der Waals surface area contributed by atoms with E-state index in [4.69, 9.17) is 0 Å². The van der Waals surface area contributed by atoms with Crippen LogP contribution < -0.4 is 4.74 Å². The highest BCUT2D eigenvalue weighted by molar-refractivity contribution is 5.77. The van der Waals surface area contributed by atoms with Crippen LogP contribution in [0.2, 0.25) is 0 Å². The van der Waals surface area contributed by atoms with E-state index < -0.39 is 6.61 Å². The molecule has 22 heavy (non-hydrogen) atoms. The standard InChI is InChI=1S/C17H16F2N2O/c1-10-3-5-12(6-4-10)11(2)16-20-14-8-7-13(22-17(18)19)9-15(14)21-16/h3-9,11,17H,1-2H3,(H,20,21). The number of nitrogens with zero attached hydrogens (tertiary/aromatic N) is 1. The number of aromatic amines is 1. The Bertz CT molecular complexity index is 781. The topological polar surface area (TPSA) is 37.9 Å². The Morgan fingerprint density at radius 1 is 1.09 bits per heavy atom. The average Bonchev–Trinajstić information content (AvgIpc) is 2.90. The molecule has 1 unspecified atom stereocenters. The summed E-state index contributed by atoms with van der Waals surface area (Å²) in [6, 6.07) is 13.0. The number of aromatic nitrogens is 2. The third-order valence-electron chi connectivity index (χ3n) is 3.69. The van der Waals surface area contributed by atoms with Gasteiger partial charge in [0, 0.05) is 12.0 Å². The third kappa shape index (κ3) is 2.93.